The van der Waals surface area contributed by atoms with E-state index < -0.39 is 0 Å². The van der Waals surface area contributed by atoms with Crippen LogP contribution in [0.1, 0.15) is 52.7 Å². The van der Waals surface area contributed by atoms with Gasteiger partial charge >= 0.3 is 0 Å². The van der Waals surface area contributed by atoms with Crippen LogP contribution >= 0.6 is 0 Å². The Balaban J connectivity index is 2.14. The smallest absolute Gasteiger partial charge is 0.149 e. The average molecular weight is 475 g/mol. The van der Waals surface area contributed by atoms with E-state index in [4.69, 9.17) is 14.5 Å². The van der Waals surface area contributed by atoms with Crippen LogP contribution in [0.2, 0.25) is 0 Å². The van der Waals surface area contributed by atoms with E-state index >= 15 is 0 Å². The molecule has 0 atom stereocenters. The lowest BCUT2D eigenvalue weighted by Crippen LogP contribution is -2.18. The van der Waals surface area contributed by atoms with E-state index in [0.717, 1.165) is 27.8 Å². The highest BCUT2D eigenvalue weighted by Crippen LogP contribution is 2.43. The monoisotopic (exact) mass is 474 g/mol. The van der Waals surface area contributed by atoms with Gasteiger partial charge in [0.25, 0.3) is 0 Å². The molecule has 4 rings (SSSR count). The van der Waals surface area contributed by atoms with E-state index in [1.807, 2.05) is 34.9 Å². The van der Waals surface area contributed by atoms with Gasteiger partial charge in [-0.3, -0.25) is 4.57 Å². The fraction of sp³-hybridized carbons (Fsp3) is 0.345. The molecule has 0 radical (unpaired) electrons. The number of ether oxygens (including phenoxy) is 2. The Hall–Kier alpha value is -3.67. The molecule has 0 spiro atoms. The Morgan fingerprint density at radius 2 is 1.29 bits per heavy atom. The van der Waals surface area contributed by atoms with Crippen molar-refractivity contribution in [2.24, 2.45) is 0 Å². The van der Waals surface area contributed by atoms with Crippen LogP contribution in [0.4, 0.5) is 0 Å². The molecule has 0 saturated heterocycles. The number of rotatable bonds is 4. The zero-order chi connectivity index (χ0) is 25.7. The van der Waals surface area contributed by atoms with Crippen LogP contribution in [0.3, 0.4) is 0 Å². The first kappa shape index (κ1) is 24.5. The quantitative estimate of drug-likeness (QED) is 0.343. The van der Waals surface area contributed by atoms with Gasteiger partial charge in [-0.1, -0.05) is 41.5 Å². The molecule has 0 aliphatic heterocycles. The molecule has 0 unspecified atom stereocenters. The summed E-state index contributed by atoms with van der Waals surface area (Å²) in [4.78, 5) is 4.92. The lowest BCUT2D eigenvalue weighted by Gasteiger charge is -2.28. The minimum absolute atomic E-state index is 0.0974. The number of phenolic OH excluding ortho intramolecular Hbond substituents is 2. The lowest BCUT2D eigenvalue weighted by molar-refractivity contribution is 0.412. The number of imidazole rings is 1. The molecule has 1 aromatic heterocycles. The largest absolute Gasteiger partial charge is 0.507 e. The Morgan fingerprint density at radius 3 is 1.83 bits per heavy atom. The molecule has 35 heavy (non-hydrogen) atoms. The second kappa shape index (κ2) is 8.52. The van der Waals surface area contributed by atoms with Crippen molar-refractivity contribution in [2.45, 2.75) is 52.4 Å². The molecule has 0 aliphatic carbocycles. The Kier molecular flexibility index (Phi) is 5.95. The number of nitrogens with zero attached hydrogens (tertiary/aromatic N) is 2. The predicted octanol–water partition coefficient (Wildman–Crippen LogP) is 6.72. The SMILES string of the molecule is COc1ccc(O)c(-c2nc3cc(OC)ccc3n2-c2cc(C(C)(C)C)c(O)c(C(C)(C)C)c2)c1. The van der Waals surface area contributed by atoms with Gasteiger partial charge < -0.3 is 19.7 Å². The average Bonchev–Trinajstić information content (AvgIpc) is 3.16. The van der Waals surface area contributed by atoms with Crippen LogP contribution in [0.5, 0.6) is 23.0 Å². The van der Waals surface area contributed by atoms with Crippen LogP contribution in [0.15, 0.2) is 48.5 Å². The highest BCUT2D eigenvalue weighted by molar-refractivity contribution is 5.86. The summed E-state index contributed by atoms with van der Waals surface area (Å²) in [7, 11) is 3.22. The summed E-state index contributed by atoms with van der Waals surface area (Å²) in [6.45, 7) is 12.5. The highest BCUT2D eigenvalue weighted by atomic mass is 16.5. The molecule has 0 saturated carbocycles. The van der Waals surface area contributed by atoms with Crippen LogP contribution in [0.25, 0.3) is 28.1 Å². The third-order valence-electron chi connectivity index (χ3n) is 6.28. The second-order valence-electron chi connectivity index (χ2n) is 10.9. The van der Waals surface area contributed by atoms with Gasteiger partial charge in [-0.2, -0.15) is 0 Å². The molecule has 184 valence electrons. The first-order chi connectivity index (χ1) is 16.3. The lowest BCUT2D eigenvalue weighted by atomic mass is 9.79. The highest BCUT2D eigenvalue weighted by Gasteiger charge is 2.28. The molecule has 6 heteroatoms. The number of aromatic nitrogens is 2. The van der Waals surface area contributed by atoms with Crippen molar-refractivity contribution >= 4 is 11.0 Å². The van der Waals surface area contributed by atoms with Gasteiger partial charge in [-0.15, -0.1) is 0 Å². The fourth-order valence-electron chi connectivity index (χ4n) is 4.34. The number of aromatic hydroxyl groups is 2. The van der Waals surface area contributed by atoms with Gasteiger partial charge in [-0.25, -0.2) is 4.98 Å². The van der Waals surface area contributed by atoms with Gasteiger partial charge in [0, 0.05) is 22.9 Å². The number of hydrogen-bond acceptors (Lipinski definition) is 5. The van der Waals surface area contributed by atoms with Crippen LogP contribution < -0.4 is 9.47 Å². The summed E-state index contributed by atoms with van der Waals surface area (Å²) in [5.41, 5.74) is 4.07. The third-order valence-corrected chi connectivity index (χ3v) is 6.28. The van der Waals surface area contributed by atoms with Gasteiger partial charge in [-0.05, 0) is 53.3 Å². The van der Waals surface area contributed by atoms with Crippen molar-refractivity contribution in [1.82, 2.24) is 9.55 Å². The maximum absolute atomic E-state index is 11.3. The summed E-state index contributed by atoms with van der Waals surface area (Å²) < 4.78 is 12.9. The molecular weight excluding hydrogens is 440 g/mol. The molecule has 2 N–H and O–H groups in total. The van der Waals surface area contributed by atoms with Gasteiger partial charge in [0.2, 0.25) is 0 Å². The standard InChI is InChI=1S/C29H34N2O4/c1-28(2,3)21-13-17(14-22(26(21)33)29(4,5)6)31-24-11-9-19(35-8)16-23(24)30-27(31)20-15-18(34-7)10-12-25(20)32/h9-16,32-33H,1-8H3. The normalized spacial score (nSPS) is 12.2. The van der Waals surface area contributed by atoms with E-state index in [1.54, 1.807) is 32.4 Å². The van der Waals surface area contributed by atoms with Crippen molar-refractivity contribution in [3.05, 3.63) is 59.7 Å². The zero-order valence-electron chi connectivity index (χ0n) is 21.7. The minimum atomic E-state index is -0.294. The van der Waals surface area contributed by atoms with E-state index in [1.165, 1.54) is 0 Å². The van der Waals surface area contributed by atoms with E-state index in [2.05, 4.69) is 41.5 Å². The number of phenols is 2. The van der Waals surface area contributed by atoms with Crippen LogP contribution in [0, 0.1) is 0 Å². The van der Waals surface area contributed by atoms with Crippen LogP contribution in [-0.2, 0) is 10.8 Å². The first-order valence-corrected chi connectivity index (χ1v) is 11.7. The number of methoxy groups -OCH3 is 2. The van der Waals surface area contributed by atoms with Crippen molar-refractivity contribution in [1.29, 1.82) is 0 Å². The molecule has 0 amide bonds. The molecular formula is C29H34N2O4. The van der Waals surface area contributed by atoms with Gasteiger partial charge in [0.05, 0.1) is 30.8 Å². The first-order valence-electron chi connectivity index (χ1n) is 11.7. The number of fused-ring (bicyclic) bond motifs is 1. The summed E-state index contributed by atoms with van der Waals surface area (Å²) in [5, 5.41) is 22.1. The molecule has 0 fully saturated rings. The summed E-state index contributed by atoms with van der Waals surface area (Å²) >= 11 is 0. The molecule has 1 heterocycles. The van der Waals surface area contributed by atoms with Crippen molar-refractivity contribution in [2.75, 3.05) is 14.2 Å². The topological polar surface area (TPSA) is 76.7 Å². The Labute approximate surface area is 206 Å². The van der Waals surface area contributed by atoms with Gasteiger partial charge in [0.15, 0.2) is 0 Å². The minimum Gasteiger partial charge on any atom is -0.507 e. The predicted molar refractivity (Wildman–Crippen MR) is 140 cm³/mol. The van der Waals surface area contributed by atoms with Crippen molar-refractivity contribution < 1.29 is 19.7 Å². The molecule has 0 aliphatic rings. The second-order valence-corrected chi connectivity index (χ2v) is 10.9. The van der Waals surface area contributed by atoms with E-state index in [-0.39, 0.29) is 16.6 Å². The van der Waals surface area contributed by atoms with Crippen molar-refractivity contribution in [3.8, 4) is 40.1 Å². The maximum atomic E-state index is 11.3. The third kappa shape index (κ3) is 4.41. The molecule has 4 aromatic rings. The van der Waals surface area contributed by atoms with Gasteiger partial charge in [0.1, 0.15) is 28.8 Å². The van der Waals surface area contributed by atoms with E-state index in [0.29, 0.717) is 28.6 Å². The van der Waals surface area contributed by atoms with Crippen molar-refractivity contribution in [3.63, 3.8) is 0 Å². The summed E-state index contributed by atoms with van der Waals surface area (Å²) in [6.07, 6.45) is 0. The van der Waals surface area contributed by atoms with Crippen LogP contribution in [-0.4, -0.2) is 34.0 Å². The maximum Gasteiger partial charge on any atom is 0.149 e. The Morgan fingerprint density at radius 1 is 0.743 bits per heavy atom. The number of hydrogen-bond donors (Lipinski definition) is 2. The molecule has 3 aromatic carbocycles. The molecule has 0 bridgehead atoms. The number of benzene rings is 3. The molecule has 6 nitrogen and oxygen atoms in total. The fourth-order valence-corrected chi connectivity index (χ4v) is 4.34. The zero-order valence-corrected chi connectivity index (χ0v) is 21.7. The van der Waals surface area contributed by atoms with E-state index in [9.17, 15) is 10.2 Å². The Bertz CT molecular complexity index is 1370. The summed E-state index contributed by atoms with van der Waals surface area (Å²) in [6, 6.07) is 14.9. The summed E-state index contributed by atoms with van der Waals surface area (Å²) in [5.74, 6) is 2.28.